The largest absolute Gasteiger partial charge is 0.244 e. The van der Waals surface area contributed by atoms with Gasteiger partial charge in [-0.15, -0.1) is 11.3 Å². The van der Waals surface area contributed by atoms with Gasteiger partial charge in [-0.25, -0.2) is 9.97 Å². The van der Waals surface area contributed by atoms with Crippen molar-refractivity contribution in [2.24, 2.45) is 0 Å². The lowest BCUT2D eigenvalue weighted by Crippen LogP contribution is -1.77. The molecular formula is C12H8N2S. The van der Waals surface area contributed by atoms with Crippen molar-refractivity contribution in [1.82, 2.24) is 9.97 Å². The lowest BCUT2D eigenvalue weighted by atomic mass is 10.1. The van der Waals surface area contributed by atoms with Crippen LogP contribution in [-0.4, -0.2) is 9.97 Å². The normalized spacial score (nSPS) is 10.7. The number of aromatic nitrogens is 2. The standard InChI is InChI=1S/C12H8N2S/c1-2-4-9(5-3-1)11-7-15-12-10(11)6-13-8-14-12/h1-8H. The van der Waals surface area contributed by atoms with Crippen LogP contribution in [0.15, 0.2) is 48.2 Å². The summed E-state index contributed by atoms with van der Waals surface area (Å²) in [6.45, 7) is 0. The maximum atomic E-state index is 4.23. The van der Waals surface area contributed by atoms with Crippen molar-refractivity contribution in [1.29, 1.82) is 0 Å². The number of hydrogen-bond acceptors (Lipinski definition) is 3. The van der Waals surface area contributed by atoms with Crippen LogP contribution >= 0.6 is 11.3 Å². The Morgan fingerprint density at radius 1 is 1.07 bits per heavy atom. The predicted molar refractivity (Wildman–Crippen MR) is 62.9 cm³/mol. The minimum atomic E-state index is 1.05. The van der Waals surface area contributed by atoms with Crippen LogP contribution in [0.5, 0.6) is 0 Å². The van der Waals surface area contributed by atoms with Gasteiger partial charge in [0.2, 0.25) is 0 Å². The van der Waals surface area contributed by atoms with Crippen molar-refractivity contribution in [3.63, 3.8) is 0 Å². The molecule has 0 spiro atoms. The highest BCUT2D eigenvalue weighted by molar-refractivity contribution is 7.17. The Morgan fingerprint density at radius 3 is 2.80 bits per heavy atom. The van der Waals surface area contributed by atoms with E-state index in [1.807, 2.05) is 24.4 Å². The predicted octanol–water partition coefficient (Wildman–Crippen LogP) is 3.36. The number of fused-ring (bicyclic) bond motifs is 1. The number of benzene rings is 1. The van der Waals surface area contributed by atoms with Gasteiger partial charge >= 0.3 is 0 Å². The maximum absolute atomic E-state index is 4.23. The monoisotopic (exact) mass is 212 g/mol. The molecule has 0 radical (unpaired) electrons. The highest BCUT2D eigenvalue weighted by atomic mass is 32.1. The molecule has 2 aromatic heterocycles. The van der Waals surface area contributed by atoms with Crippen molar-refractivity contribution in [2.75, 3.05) is 0 Å². The smallest absolute Gasteiger partial charge is 0.127 e. The quantitative estimate of drug-likeness (QED) is 0.618. The fourth-order valence-electron chi connectivity index (χ4n) is 1.62. The van der Waals surface area contributed by atoms with E-state index < -0.39 is 0 Å². The lowest BCUT2D eigenvalue weighted by Gasteiger charge is -1.97. The van der Waals surface area contributed by atoms with E-state index >= 15 is 0 Å². The molecule has 0 amide bonds. The Morgan fingerprint density at radius 2 is 1.93 bits per heavy atom. The molecule has 2 heterocycles. The fraction of sp³-hybridized carbons (Fsp3) is 0. The first kappa shape index (κ1) is 8.56. The second-order valence-corrected chi connectivity index (χ2v) is 4.12. The molecule has 15 heavy (non-hydrogen) atoms. The molecule has 3 aromatic rings. The van der Waals surface area contributed by atoms with E-state index in [4.69, 9.17) is 0 Å². The van der Waals surface area contributed by atoms with Crippen molar-refractivity contribution < 1.29 is 0 Å². The summed E-state index contributed by atoms with van der Waals surface area (Å²) in [5.41, 5.74) is 2.44. The Balaban J connectivity index is 2.28. The van der Waals surface area contributed by atoms with Gasteiger partial charge in [0.05, 0.1) is 0 Å². The van der Waals surface area contributed by atoms with Crippen LogP contribution in [0.25, 0.3) is 21.3 Å². The van der Waals surface area contributed by atoms with E-state index in [0.29, 0.717) is 0 Å². The maximum Gasteiger partial charge on any atom is 0.127 e. The highest BCUT2D eigenvalue weighted by Gasteiger charge is 2.05. The molecule has 2 nitrogen and oxygen atoms in total. The van der Waals surface area contributed by atoms with Crippen molar-refractivity contribution >= 4 is 21.6 Å². The van der Waals surface area contributed by atoms with Crippen LogP contribution in [-0.2, 0) is 0 Å². The molecule has 0 aliphatic carbocycles. The van der Waals surface area contributed by atoms with Gasteiger partial charge in [0, 0.05) is 22.5 Å². The van der Waals surface area contributed by atoms with Crippen LogP contribution in [0, 0.1) is 0 Å². The summed E-state index contributed by atoms with van der Waals surface area (Å²) in [7, 11) is 0. The molecule has 3 heteroatoms. The van der Waals surface area contributed by atoms with E-state index in [1.165, 1.54) is 11.1 Å². The number of thiophene rings is 1. The zero-order valence-electron chi connectivity index (χ0n) is 7.92. The van der Waals surface area contributed by atoms with Crippen LogP contribution in [0.2, 0.25) is 0 Å². The summed E-state index contributed by atoms with van der Waals surface area (Å²) in [5.74, 6) is 0. The summed E-state index contributed by atoms with van der Waals surface area (Å²) in [5, 5.41) is 3.27. The summed E-state index contributed by atoms with van der Waals surface area (Å²) >= 11 is 1.66. The molecule has 0 unspecified atom stereocenters. The Labute approximate surface area is 91.2 Å². The molecule has 0 fully saturated rings. The van der Waals surface area contributed by atoms with Gasteiger partial charge in [-0.1, -0.05) is 30.3 Å². The van der Waals surface area contributed by atoms with Crippen LogP contribution in [0.1, 0.15) is 0 Å². The minimum Gasteiger partial charge on any atom is -0.244 e. The molecule has 1 aromatic carbocycles. The first-order chi connectivity index (χ1) is 7.45. The summed E-state index contributed by atoms with van der Waals surface area (Å²) < 4.78 is 0. The summed E-state index contributed by atoms with van der Waals surface area (Å²) in [6.07, 6.45) is 3.47. The lowest BCUT2D eigenvalue weighted by molar-refractivity contribution is 1.23. The molecule has 0 atom stereocenters. The topological polar surface area (TPSA) is 25.8 Å². The number of rotatable bonds is 1. The molecule has 0 N–H and O–H groups in total. The average Bonchev–Trinajstić information content (AvgIpc) is 2.74. The van der Waals surface area contributed by atoms with Gasteiger partial charge in [0.25, 0.3) is 0 Å². The van der Waals surface area contributed by atoms with Crippen molar-refractivity contribution in [2.45, 2.75) is 0 Å². The average molecular weight is 212 g/mol. The van der Waals surface area contributed by atoms with Gasteiger partial charge in [0.15, 0.2) is 0 Å². The molecule has 0 bridgehead atoms. The Bertz CT molecular complexity index is 587. The molecule has 72 valence electrons. The summed E-state index contributed by atoms with van der Waals surface area (Å²) in [6, 6.07) is 10.3. The number of hydrogen-bond donors (Lipinski definition) is 0. The molecular weight excluding hydrogens is 204 g/mol. The van der Waals surface area contributed by atoms with E-state index in [-0.39, 0.29) is 0 Å². The minimum absolute atomic E-state index is 1.05. The van der Waals surface area contributed by atoms with Gasteiger partial charge < -0.3 is 0 Å². The first-order valence-corrected chi connectivity index (χ1v) is 5.56. The zero-order chi connectivity index (χ0) is 10.1. The molecule has 0 aliphatic heterocycles. The SMILES string of the molecule is c1ccc(-c2csc3ncncc23)cc1. The van der Waals surface area contributed by atoms with Gasteiger partial charge in [-0.05, 0) is 5.56 Å². The molecule has 3 rings (SSSR count). The second-order valence-electron chi connectivity index (χ2n) is 3.26. The van der Waals surface area contributed by atoms with Crippen LogP contribution < -0.4 is 0 Å². The van der Waals surface area contributed by atoms with E-state index in [0.717, 1.165) is 10.2 Å². The highest BCUT2D eigenvalue weighted by Crippen LogP contribution is 2.31. The fourth-order valence-corrected chi connectivity index (χ4v) is 2.51. The van der Waals surface area contributed by atoms with Gasteiger partial charge in [-0.3, -0.25) is 0 Å². The molecule has 0 saturated carbocycles. The van der Waals surface area contributed by atoms with Crippen LogP contribution in [0.3, 0.4) is 0 Å². The Kier molecular flexibility index (Phi) is 1.96. The van der Waals surface area contributed by atoms with E-state index in [2.05, 4.69) is 27.5 Å². The molecule has 0 saturated heterocycles. The van der Waals surface area contributed by atoms with Crippen molar-refractivity contribution in [3.05, 3.63) is 48.2 Å². The third-order valence-corrected chi connectivity index (χ3v) is 3.24. The Hall–Kier alpha value is -1.74. The van der Waals surface area contributed by atoms with Gasteiger partial charge in [0.1, 0.15) is 11.2 Å². The second kappa shape index (κ2) is 3.44. The zero-order valence-corrected chi connectivity index (χ0v) is 8.74. The molecule has 0 aliphatic rings. The van der Waals surface area contributed by atoms with Crippen molar-refractivity contribution in [3.8, 4) is 11.1 Å². The van der Waals surface area contributed by atoms with E-state index in [1.54, 1.807) is 17.7 Å². The first-order valence-electron chi connectivity index (χ1n) is 4.68. The third-order valence-electron chi connectivity index (χ3n) is 2.34. The van der Waals surface area contributed by atoms with E-state index in [9.17, 15) is 0 Å². The summed E-state index contributed by atoms with van der Waals surface area (Å²) in [4.78, 5) is 9.35. The van der Waals surface area contributed by atoms with Crippen LogP contribution in [0.4, 0.5) is 0 Å². The van der Waals surface area contributed by atoms with Gasteiger partial charge in [-0.2, -0.15) is 0 Å². The number of nitrogens with zero attached hydrogens (tertiary/aromatic N) is 2. The third kappa shape index (κ3) is 1.41.